The maximum atomic E-state index is 3.78. The summed E-state index contributed by atoms with van der Waals surface area (Å²) in [6, 6.07) is 8.67. The van der Waals surface area contributed by atoms with Crippen LogP contribution in [-0.4, -0.2) is 49.6 Å². The van der Waals surface area contributed by atoms with Crippen molar-refractivity contribution in [2.24, 2.45) is 0 Å². The first kappa shape index (κ1) is 14.5. The molecule has 0 bridgehead atoms. The number of halogens is 1. The Morgan fingerprint density at radius 3 is 2.65 bits per heavy atom. The van der Waals surface area contributed by atoms with E-state index in [1.54, 1.807) is 0 Å². The van der Waals surface area contributed by atoms with E-state index >= 15 is 0 Å². The first-order chi connectivity index (χ1) is 9.74. The molecule has 0 amide bonds. The Morgan fingerprint density at radius 1 is 1.15 bits per heavy atom. The van der Waals surface area contributed by atoms with Crippen LogP contribution in [0.2, 0.25) is 0 Å². The fourth-order valence-electron chi connectivity index (χ4n) is 2.76. The van der Waals surface area contributed by atoms with E-state index in [0.29, 0.717) is 0 Å². The standard InChI is InChI=1S/C16H21BrN2S/c1-18-9-11-19(12-10-18)8-4-7-15-16(17)13-5-2-3-6-14(13)20-15/h2-3,5-6H,4,7-12H2,1H3. The van der Waals surface area contributed by atoms with Gasteiger partial charge in [0.05, 0.1) is 0 Å². The number of fused-ring (bicyclic) bond motifs is 1. The Kier molecular flexibility index (Phi) is 4.76. The molecule has 0 radical (unpaired) electrons. The predicted octanol–water partition coefficient (Wildman–Crippen LogP) is 3.84. The summed E-state index contributed by atoms with van der Waals surface area (Å²) < 4.78 is 2.71. The van der Waals surface area contributed by atoms with Crippen molar-refractivity contribution in [3.05, 3.63) is 33.6 Å². The van der Waals surface area contributed by atoms with Crippen molar-refractivity contribution in [3.63, 3.8) is 0 Å². The summed E-state index contributed by atoms with van der Waals surface area (Å²) in [7, 11) is 2.21. The van der Waals surface area contributed by atoms with Gasteiger partial charge in [-0.15, -0.1) is 11.3 Å². The molecular weight excluding hydrogens is 332 g/mol. The minimum Gasteiger partial charge on any atom is -0.304 e. The second-order valence-corrected chi connectivity index (χ2v) is 7.51. The number of hydrogen-bond donors (Lipinski definition) is 0. The van der Waals surface area contributed by atoms with E-state index in [1.807, 2.05) is 11.3 Å². The number of rotatable bonds is 4. The Hall–Kier alpha value is -0.420. The molecular formula is C16H21BrN2S. The van der Waals surface area contributed by atoms with Gasteiger partial charge in [-0.2, -0.15) is 0 Å². The van der Waals surface area contributed by atoms with E-state index in [2.05, 4.69) is 57.0 Å². The van der Waals surface area contributed by atoms with Crippen molar-refractivity contribution in [2.75, 3.05) is 39.8 Å². The van der Waals surface area contributed by atoms with Gasteiger partial charge < -0.3 is 9.80 Å². The van der Waals surface area contributed by atoms with Gasteiger partial charge in [0.1, 0.15) is 0 Å². The summed E-state index contributed by atoms with van der Waals surface area (Å²) in [6.45, 7) is 6.11. The third kappa shape index (κ3) is 3.25. The molecule has 108 valence electrons. The Balaban J connectivity index is 1.56. The van der Waals surface area contributed by atoms with Crippen molar-refractivity contribution < 1.29 is 0 Å². The van der Waals surface area contributed by atoms with Crippen LogP contribution in [0.3, 0.4) is 0 Å². The number of piperazine rings is 1. The molecule has 0 spiro atoms. The number of hydrogen-bond acceptors (Lipinski definition) is 3. The lowest BCUT2D eigenvalue weighted by Crippen LogP contribution is -2.44. The quantitative estimate of drug-likeness (QED) is 0.824. The lowest BCUT2D eigenvalue weighted by atomic mass is 10.2. The minimum absolute atomic E-state index is 1.19. The van der Waals surface area contributed by atoms with E-state index in [9.17, 15) is 0 Å². The number of likely N-dealkylation sites (N-methyl/N-ethyl adjacent to an activating group) is 1. The zero-order valence-corrected chi connectivity index (χ0v) is 14.3. The molecule has 2 heterocycles. The van der Waals surface area contributed by atoms with Crippen LogP contribution in [-0.2, 0) is 6.42 Å². The van der Waals surface area contributed by atoms with E-state index in [0.717, 1.165) is 0 Å². The fourth-order valence-corrected chi connectivity index (χ4v) is 4.82. The number of thiophene rings is 1. The molecule has 1 aliphatic heterocycles. The zero-order valence-electron chi connectivity index (χ0n) is 11.9. The molecule has 0 atom stereocenters. The van der Waals surface area contributed by atoms with Gasteiger partial charge in [0.2, 0.25) is 0 Å². The molecule has 0 N–H and O–H groups in total. The van der Waals surface area contributed by atoms with Gasteiger partial charge in [-0.1, -0.05) is 18.2 Å². The molecule has 0 aliphatic carbocycles. The topological polar surface area (TPSA) is 6.48 Å². The van der Waals surface area contributed by atoms with Gasteiger partial charge in [0, 0.05) is 45.6 Å². The molecule has 1 aliphatic rings. The first-order valence-electron chi connectivity index (χ1n) is 7.31. The van der Waals surface area contributed by atoms with E-state index in [1.165, 1.54) is 65.0 Å². The van der Waals surface area contributed by atoms with E-state index in [-0.39, 0.29) is 0 Å². The third-order valence-electron chi connectivity index (χ3n) is 4.08. The largest absolute Gasteiger partial charge is 0.304 e. The summed E-state index contributed by atoms with van der Waals surface area (Å²) in [5, 5.41) is 1.37. The lowest BCUT2D eigenvalue weighted by molar-refractivity contribution is 0.153. The van der Waals surface area contributed by atoms with Crippen LogP contribution in [0.5, 0.6) is 0 Å². The van der Waals surface area contributed by atoms with Crippen LogP contribution < -0.4 is 0 Å². The van der Waals surface area contributed by atoms with Crippen LogP contribution >= 0.6 is 27.3 Å². The molecule has 2 nitrogen and oxygen atoms in total. The van der Waals surface area contributed by atoms with Crippen LogP contribution in [0.4, 0.5) is 0 Å². The maximum absolute atomic E-state index is 3.78. The van der Waals surface area contributed by atoms with Crippen molar-refractivity contribution in [1.82, 2.24) is 9.80 Å². The molecule has 3 rings (SSSR count). The summed E-state index contributed by atoms with van der Waals surface area (Å²) >= 11 is 5.71. The minimum atomic E-state index is 1.19. The van der Waals surface area contributed by atoms with Crippen molar-refractivity contribution in [1.29, 1.82) is 0 Å². The second kappa shape index (κ2) is 6.56. The molecule has 1 aromatic carbocycles. The maximum Gasteiger partial charge on any atom is 0.0393 e. The van der Waals surface area contributed by atoms with Crippen LogP contribution in [0.15, 0.2) is 28.7 Å². The highest BCUT2D eigenvalue weighted by Crippen LogP contribution is 2.36. The summed E-state index contributed by atoms with van der Waals surface area (Å²) in [5.41, 5.74) is 0. The molecule has 4 heteroatoms. The number of aryl methyl sites for hydroxylation is 1. The second-order valence-electron chi connectivity index (χ2n) is 5.58. The first-order valence-corrected chi connectivity index (χ1v) is 8.92. The van der Waals surface area contributed by atoms with E-state index in [4.69, 9.17) is 0 Å². The molecule has 20 heavy (non-hydrogen) atoms. The molecule has 0 unspecified atom stereocenters. The highest BCUT2D eigenvalue weighted by molar-refractivity contribution is 9.10. The normalized spacial score (nSPS) is 17.9. The summed E-state index contributed by atoms with van der Waals surface area (Å²) in [6.07, 6.45) is 2.45. The molecule has 1 saturated heterocycles. The third-order valence-corrected chi connectivity index (χ3v) is 6.47. The van der Waals surface area contributed by atoms with Crippen molar-refractivity contribution in [3.8, 4) is 0 Å². The smallest absolute Gasteiger partial charge is 0.0393 e. The monoisotopic (exact) mass is 352 g/mol. The molecule has 0 saturated carbocycles. The number of nitrogens with zero attached hydrogens (tertiary/aromatic N) is 2. The Bertz CT molecular complexity index is 573. The van der Waals surface area contributed by atoms with Gasteiger partial charge in [0.15, 0.2) is 0 Å². The predicted molar refractivity (Wildman–Crippen MR) is 91.8 cm³/mol. The van der Waals surface area contributed by atoms with Gasteiger partial charge >= 0.3 is 0 Å². The highest BCUT2D eigenvalue weighted by Gasteiger charge is 2.14. The lowest BCUT2D eigenvalue weighted by Gasteiger charge is -2.32. The fraction of sp³-hybridized carbons (Fsp3) is 0.500. The Morgan fingerprint density at radius 2 is 1.90 bits per heavy atom. The highest BCUT2D eigenvalue weighted by atomic mass is 79.9. The van der Waals surface area contributed by atoms with Gasteiger partial charge in [-0.05, 0) is 48.4 Å². The van der Waals surface area contributed by atoms with Crippen molar-refractivity contribution >= 4 is 37.4 Å². The molecule has 1 aromatic heterocycles. The van der Waals surface area contributed by atoms with Gasteiger partial charge in [0.25, 0.3) is 0 Å². The SMILES string of the molecule is CN1CCN(CCCc2sc3ccccc3c2Br)CC1. The van der Waals surface area contributed by atoms with Crippen LogP contribution in [0, 0.1) is 0 Å². The van der Waals surface area contributed by atoms with E-state index < -0.39 is 0 Å². The van der Waals surface area contributed by atoms with Crippen molar-refractivity contribution in [2.45, 2.75) is 12.8 Å². The van der Waals surface area contributed by atoms with Gasteiger partial charge in [-0.3, -0.25) is 0 Å². The van der Waals surface area contributed by atoms with Gasteiger partial charge in [-0.25, -0.2) is 0 Å². The molecule has 2 aromatic rings. The summed E-state index contributed by atoms with van der Waals surface area (Å²) in [5.74, 6) is 0. The molecule has 1 fully saturated rings. The zero-order chi connectivity index (χ0) is 13.9. The average molecular weight is 353 g/mol. The summed E-state index contributed by atoms with van der Waals surface area (Å²) in [4.78, 5) is 6.51. The van der Waals surface area contributed by atoms with Crippen LogP contribution in [0.25, 0.3) is 10.1 Å². The Labute approximate surface area is 133 Å². The average Bonchev–Trinajstić information content (AvgIpc) is 2.78. The van der Waals surface area contributed by atoms with Crippen LogP contribution in [0.1, 0.15) is 11.3 Å². The number of benzene rings is 1.